The number of aliphatic hydroxyl groups is 1. The summed E-state index contributed by atoms with van der Waals surface area (Å²) in [5.74, 6) is 0.0224. The van der Waals surface area contributed by atoms with E-state index in [2.05, 4.69) is 41.8 Å². The first-order chi connectivity index (χ1) is 36.4. The molecule has 3 aromatic carbocycles. The second-order valence-electron chi connectivity index (χ2n) is 20.1. The molecule has 75 heavy (non-hydrogen) atoms. The van der Waals surface area contributed by atoms with Crippen LogP contribution in [0, 0.1) is 12.3 Å². The monoisotopic (exact) mass is 1050 g/mol. The molecule has 3 aliphatic rings. The van der Waals surface area contributed by atoms with Crippen molar-refractivity contribution in [2.75, 3.05) is 97.4 Å². The summed E-state index contributed by atoms with van der Waals surface area (Å²) in [5, 5.41) is 19.7. The highest BCUT2D eigenvalue weighted by atomic mass is 32.1. The predicted octanol–water partition coefficient (Wildman–Crippen LogP) is 5.76. The highest BCUT2D eigenvalue weighted by molar-refractivity contribution is 7.13. The van der Waals surface area contributed by atoms with Gasteiger partial charge < -0.3 is 49.6 Å². The number of amides is 3. The van der Waals surface area contributed by atoms with Crippen LogP contribution in [0.2, 0.25) is 0 Å². The Kier molecular flexibility index (Phi) is 19.9. The molecular formula is C56H71N9O9S. The maximum Gasteiger partial charge on any atom is 0.246 e. The lowest BCUT2D eigenvalue weighted by molar-refractivity contribution is -0.144. The van der Waals surface area contributed by atoms with Crippen molar-refractivity contribution in [2.45, 2.75) is 72.1 Å². The number of hydrogen-bond acceptors (Lipinski definition) is 16. The van der Waals surface area contributed by atoms with Gasteiger partial charge in [0.15, 0.2) is 0 Å². The molecule has 6 bridgehead atoms. The SMILES string of the molecule is Cc1ncsc1-c1ccc(CNC(=O)[C@@H]2C[C@@H](O)CN2C(=O)[C@@H](NC(=O)COCCOCCN2CCN(CCOc3ccc4cc3COC/C=C/COCc3cccc(c3)-c3ccnc(n3)N4)CC2)C(C)(C)C)cc1. The van der Waals surface area contributed by atoms with E-state index in [-0.39, 0.29) is 38.6 Å². The van der Waals surface area contributed by atoms with E-state index in [9.17, 15) is 19.5 Å². The van der Waals surface area contributed by atoms with E-state index in [0.29, 0.717) is 52.2 Å². The molecule has 0 spiro atoms. The van der Waals surface area contributed by atoms with Crippen LogP contribution in [-0.2, 0) is 53.1 Å². The molecule has 3 amide bonds. The molecular weight excluding hydrogens is 975 g/mol. The van der Waals surface area contributed by atoms with Gasteiger partial charge in [-0.2, -0.15) is 0 Å². The van der Waals surface area contributed by atoms with Crippen LogP contribution in [0.25, 0.3) is 21.7 Å². The number of hydrogen-bond donors (Lipinski definition) is 4. The third kappa shape index (κ3) is 16.2. The normalized spacial score (nSPS) is 18.5. The Balaban J connectivity index is 0.711. The zero-order valence-corrected chi connectivity index (χ0v) is 44.3. The van der Waals surface area contributed by atoms with Crippen molar-refractivity contribution in [1.82, 2.24) is 40.3 Å². The molecule has 4 N–H and O–H groups in total. The van der Waals surface area contributed by atoms with Gasteiger partial charge in [0, 0.05) is 81.8 Å². The molecule has 400 valence electrons. The Morgan fingerprint density at radius 1 is 0.867 bits per heavy atom. The molecule has 3 aliphatic heterocycles. The van der Waals surface area contributed by atoms with Crippen molar-refractivity contribution in [3.8, 4) is 27.4 Å². The third-order valence-corrected chi connectivity index (χ3v) is 14.3. The van der Waals surface area contributed by atoms with Gasteiger partial charge in [-0.25, -0.2) is 15.0 Å². The smallest absolute Gasteiger partial charge is 0.246 e. The summed E-state index contributed by atoms with van der Waals surface area (Å²) < 4.78 is 29.8. The van der Waals surface area contributed by atoms with E-state index in [0.717, 1.165) is 94.8 Å². The number of aryl methyl sites for hydroxylation is 1. The molecule has 19 heteroatoms. The highest BCUT2D eigenvalue weighted by Gasteiger charge is 2.44. The molecule has 0 unspecified atom stereocenters. The number of carbonyl (C=O) groups is 3. The largest absolute Gasteiger partial charge is 0.492 e. The van der Waals surface area contributed by atoms with Crippen molar-refractivity contribution in [2.24, 2.45) is 5.41 Å². The van der Waals surface area contributed by atoms with Gasteiger partial charge in [-0.05, 0) is 59.4 Å². The van der Waals surface area contributed by atoms with Crippen LogP contribution in [0.1, 0.15) is 49.6 Å². The number of thiazole rings is 1. The van der Waals surface area contributed by atoms with Gasteiger partial charge in [0.25, 0.3) is 0 Å². The van der Waals surface area contributed by atoms with Gasteiger partial charge >= 0.3 is 0 Å². The zero-order valence-electron chi connectivity index (χ0n) is 43.5. The first-order valence-electron chi connectivity index (χ1n) is 25.8. The Hall–Kier alpha value is -6.16. The summed E-state index contributed by atoms with van der Waals surface area (Å²) in [6.07, 6.45) is 4.94. The van der Waals surface area contributed by atoms with Crippen LogP contribution in [-0.4, -0.2) is 163 Å². The van der Waals surface area contributed by atoms with Gasteiger partial charge in [-0.15, -0.1) is 11.3 Å². The average Bonchev–Trinajstić information content (AvgIpc) is 4.03. The average molecular weight is 1050 g/mol. The van der Waals surface area contributed by atoms with Crippen LogP contribution in [0.15, 0.2) is 96.7 Å². The van der Waals surface area contributed by atoms with E-state index < -0.39 is 35.4 Å². The van der Waals surface area contributed by atoms with Gasteiger partial charge in [-0.1, -0.05) is 75.4 Å². The lowest BCUT2D eigenvalue weighted by Crippen LogP contribution is -2.58. The van der Waals surface area contributed by atoms with Crippen LogP contribution < -0.4 is 20.7 Å². The third-order valence-electron chi connectivity index (χ3n) is 13.3. The van der Waals surface area contributed by atoms with E-state index in [1.54, 1.807) is 17.5 Å². The number of nitrogens with zero attached hydrogens (tertiary/aromatic N) is 6. The number of benzene rings is 3. The fraction of sp³-hybridized carbons (Fsp3) is 0.464. The zero-order chi connectivity index (χ0) is 52.6. The number of fused-ring (bicyclic) bond motifs is 7. The highest BCUT2D eigenvalue weighted by Crippen LogP contribution is 2.30. The minimum absolute atomic E-state index is 0.00647. The van der Waals surface area contributed by atoms with Gasteiger partial charge in [0.1, 0.15) is 31.0 Å². The minimum Gasteiger partial charge on any atom is -0.492 e. The maximum absolute atomic E-state index is 14.0. The number of anilines is 2. The fourth-order valence-electron chi connectivity index (χ4n) is 9.14. The summed E-state index contributed by atoms with van der Waals surface area (Å²) in [7, 11) is 0. The van der Waals surface area contributed by atoms with Crippen LogP contribution >= 0.6 is 11.3 Å². The van der Waals surface area contributed by atoms with Gasteiger partial charge in [-0.3, -0.25) is 24.2 Å². The summed E-state index contributed by atoms with van der Waals surface area (Å²) in [5.41, 5.74) is 8.69. The number of ether oxygens (including phenoxy) is 5. The summed E-state index contributed by atoms with van der Waals surface area (Å²) in [6, 6.07) is 22.1. The summed E-state index contributed by atoms with van der Waals surface area (Å²) >= 11 is 1.58. The number of carbonyl (C=O) groups excluding carboxylic acids is 3. The molecule has 0 radical (unpaired) electrons. The maximum atomic E-state index is 14.0. The Morgan fingerprint density at radius 2 is 1.61 bits per heavy atom. The van der Waals surface area contributed by atoms with E-state index in [4.69, 9.17) is 28.7 Å². The van der Waals surface area contributed by atoms with Crippen LogP contribution in [0.4, 0.5) is 11.6 Å². The second kappa shape index (κ2) is 27.1. The Labute approximate surface area is 443 Å². The molecule has 3 atom stereocenters. The molecule has 5 heterocycles. The van der Waals surface area contributed by atoms with E-state index in [1.165, 1.54) is 4.90 Å². The quantitative estimate of drug-likeness (QED) is 0.0609. The Morgan fingerprint density at radius 3 is 2.36 bits per heavy atom. The number of likely N-dealkylation sites (tertiary alicyclic amines) is 1. The van der Waals surface area contributed by atoms with E-state index >= 15 is 0 Å². The number of nitrogens with one attached hydrogen (secondary N) is 3. The molecule has 2 aromatic heterocycles. The topological polar surface area (TPSA) is 202 Å². The number of aliphatic hydroxyl groups excluding tert-OH is 1. The fourth-order valence-corrected chi connectivity index (χ4v) is 9.95. The summed E-state index contributed by atoms with van der Waals surface area (Å²) in [6.45, 7) is 16.1. The number of β-amino-alcohol motifs (C(OH)–C–C–N with tert-alkyl or cyclic N) is 1. The predicted molar refractivity (Wildman–Crippen MR) is 287 cm³/mol. The van der Waals surface area contributed by atoms with Gasteiger partial charge in [0.05, 0.1) is 74.1 Å². The molecule has 18 nitrogen and oxygen atoms in total. The first-order valence-corrected chi connectivity index (χ1v) is 26.6. The molecule has 2 saturated heterocycles. The molecule has 5 aromatic rings. The molecule has 2 fully saturated rings. The second-order valence-corrected chi connectivity index (χ2v) is 20.9. The van der Waals surface area contributed by atoms with Crippen molar-refractivity contribution in [1.29, 1.82) is 0 Å². The van der Waals surface area contributed by atoms with Crippen molar-refractivity contribution >= 4 is 40.7 Å². The number of rotatable bonds is 18. The number of aromatic nitrogens is 3. The summed E-state index contributed by atoms with van der Waals surface area (Å²) in [4.78, 5) is 61.5. The van der Waals surface area contributed by atoms with Gasteiger partial charge in [0.2, 0.25) is 23.7 Å². The lowest BCUT2D eigenvalue weighted by Gasteiger charge is -2.35. The van der Waals surface area contributed by atoms with E-state index in [1.807, 2.05) is 112 Å². The van der Waals surface area contributed by atoms with Crippen molar-refractivity contribution < 1.29 is 43.2 Å². The Bertz CT molecular complexity index is 2690. The first kappa shape index (κ1) is 55.1. The van der Waals surface area contributed by atoms with Crippen molar-refractivity contribution in [3.05, 3.63) is 119 Å². The van der Waals surface area contributed by atoms with Crippen molar-refractivity contribution in [3.63, 3.8) is 0 Å². The minimum atomic E-state index is -0.952. The number of piperazine rings is 1. The standard InChI is InChI=1S/C56H71N9O9S/c1-39-51(75-38-59-39)42-12-10-40(11-13-42)33-58-53(68)48-32-46(66)34-65(48)54(69)52(56(2,3)4)62-50(67)37-73-29-28-70-26-22-63-18-20-64(21-19-63)23-27-74-49-15-14-45-31-44(49)36-72-25-6-5-24-71-35-41-8-7-9-43(30-41)47-16-17-57-55(60-45)61-47/h5-17,30-31,38,46,48,52,66H,18-29,32-37H2,1-4H3,(H,58,68)(H,62,67)(H,57,60,61)/b6-5+/t46-,48+,52-/m1/s1. The van der Waals surface area contributed by atoms with Crippen LogP contribution in [0.3, 0.4) is 0 Å². The van der Waals surface area contributed by atoms with Crippen LogP contribution in [0.5, 0.6) is 5.75 Å². The molecule has 0 aliphatic carbocycles. The molecule has 8 rings (SSSR count). The molecule has 0 saturated carbocycles. The lowest BCUT2D eigenvalue weighted by atomic mass is 9.85.